The molecule has 0 amide bonds. The van der Waals surface area contributed by atoms with Crippen LogP contribution < -0.4 is 5.73 Å². The molecule has 0 aromatic heterocycles. The van der Waals surface area contributed by atoms with Crippen molar-refractivity contribution in [2.75, 3.05) is 40.8 Å². The zero-order valence-electron chi connectivity index (χ0n) is 12.2. The molecule has 1 aliphatic carbocycles. The number of hydrogen-bond donors (Lipinski definition) is 1. The minimum absolute atomic E-state index is 0.714. The summed E-state index contributed by atoms with van der Waals surface area (Å²) < 4.78 is 0. The van der Waals surface area contributed by atoms with Gasteiger partial charge in [0.15, 0.2) is 0 Å². The summed E-state index contributed by atoms with van der Waals surface area (Å²) in [4.78, 5) is 4.81. The standard InChI is InChI=1S/C14H31N3/c1-12-6-7-13(11-15)14(10-12)17(4)9-5-8-16(2)3/h12-14H,5-11,15H2,1-4H3. The maximum Gasteiger partial charge on any atom is 0.0135 e. The molecule has 0 radical (unpaired) electrons. The largest absolute Gasteiger partial charge is 0.330 e. The molecule has 0 spiro atoms. The second-order valence-corrected chi connectivity index (χ2v) is 6.12. The lowest BCUT2D eigenvalue weighted by molar-refractivity contribution is 0.105. The molecule has 0 bridgehead atoms. The third-order valence-corrected chi connectivity index (χ3v) is 4.20. The second-order valence-electron chi connectivity index (χ2n) is 6.12. The van der Waals surface area contributed by atoms with Crippen molar-refractivity contribution in [3.05, 3.63) is 0 Å². The molecule has 0 aromatic rings. The van der Waals surface area contributed by atoms with Crippen molar-refractivity contribution in [2.24, 2.45) is 17.6 Å². The Morgan fingerprint density at radius 3 is 2.41 bits per heavy atom. The van der Waals surface area contributed by atoms with Crippen LogP contribution in [0.4, 0.5) is 0 Å². The van der Waals surface area contributed by atoms with Gasteiger partial charge in [-0.2, -0.15) is 0 Å². The molecule has 3 atom stereocenters. The summed E-state index contributed by atoms with van der Waals surface area (Å²) in [7, 11) is 6.57. The topological polar surface area (TPSA) is 32.5 Å². The van der Waals surface area contributed by atoms with Crippen LogP contribution in [0.25, 0.3) is 0 Å². The van der Waals surface area contributed by atoms with Gasteiger partial charge in [0.05, 0.1) is 0 Å². The van der Waals surface area contributed by atoms with Crippen molar-refractivity contribution in [2.45, 2.75) is 38.6 Å². The Balaban J connectivity index is 2.38. The van der Waals surface area contributed by atoms with Gasteiger partial charge >= 0.3 is 0 Å². The molecular formula is C14H31N3. The summed E-state index contributed by atoms with van der Waals surface area (Å²) >= 11 is 0. The van der Waals surface area contributed by atoms with E-state index in [1.54, 1.807) is 0 Å². The van der Waals surface area contributed by atoms with Crippen LogP contribution in [0.2, 0.25) is 0 Å². The van der Waals surface area contributed by atoms with E-state index < -0.39 is 0 Å². The molecule has 0 heterocycles. The van der Waals surface area contributed by atoms with E-state index in [4.69, 9.17) is 5.73 Å². The summed E-state index contributed by atoms with van der Waals surface area (Å²) in [6, 6.07) is 0.714. The lowest BCUT2D eigenvalue weighted by Gasteiger charge is -2.40. The molecule has 1 saturated carbocycles. The first-order valence-corrected chi connectivity index (χ1v) is 7.09. The van der Waals surface area contributed by atoms with E-state index in [0.717, 1.165) is 18.4 Å². The van der Waals surface area contributed by atoms with E-state index >= 15 is 0 Å². The molecule has 3 unspecified atom stereocenters. The second kappa shape index (κ2) is 7.34. The zero-order chi connectivity index (χ0) is 12.8. The third kappa shape index (κ3) is 4.94. The van der Waals surface area contributed by atoms with Crippen LogP contribution in [0.3, 0.4) is 0 Å². The van der Waals surface area contributed by atoms with Gasteiger partial charge < -0.3 is 15.5 Å². The molecule has 1 fully saturated rings. The average Bonchev–Trinajstić information content (AvgIpc) is 2.28. The summed E-state index contributed by atoms with van der Waals surface area (Å²) in [5, 5.41) is 0. The lowest BCUT2D eigenvalue weighted by atomic mass is 9.78. The van der Waals surface area contributed by atoms with E-state index in [-0.39, 0.29) is 0 Å². The number of nitrogens with zero attached hydrogens (tertiary/aromatic N) is 2. The molecule has 1 rings (SSSR count). The summed E-state index contributed by atoms with van der Waals surface area (Å²) in [5.41, 5.74) is 5.92. The van der Waals surface area contributed by atoms with Gasteiger partial charge in [0.2, 0.25) is 0 Å². The fraction of sp³-hybridized carbons (Fsp3) is 1.00. The van der Waals surface area contributed by atoms with Crippen molar-refractivity contribution < 1.29 is 0 Å². The monoisotopic (exact) mass is 241 g/mol. The van der Waals surface area contributed by atoms with Crippen molar-refractivity contribution in [1.29, 1.82) is 0 Å². The number of hydrogen-bond acceptors (Lipinski definition) is 3. The normalized spacial score (nSPS) is 30.2. The number of rotatable bonds is 6. The van der Waals surface area contributed by atoms with Crippen molar-refractivity contribution in [1.82, 2.24) is 9.80 Å². The predicted molar refractivity (Wildman–Crippen MR) is 75.1 cm³/mol. The van der Waals surface area contributed by atoms with Gasteiger partial charge in [-0.1, -0.05) is 13.3 Å². The minimum Gasteiger partial charge on any atom is -0.330 e. The van der Waals surface area contributed by atoms with Gasteiger partial charge in [-0.3, -0.25) is 0 Å². The molecule has 3 nitrogen and oxygen atoms in total. The molecule has 17 heavy (non-hydrogen) atoms. The summed E-state index contributed by atoms with van der Waals surface area (Å²) in [6.07, 6.45) is 5.27. The maximum atomic E-state index is 5.92. The lowest BCUT2D eigenvalue weighted by Crippen LogP contribution is -2.45. The van der Waals surface area contributed by atoms with Gasteiger partial charge in [0, 0.05) is 6.04 Å². The highest BCUT2D eigenvalue weighted by Gasteiger charge is 2.30. The van der Waals surface area contributed by atoms with Crippen LogP contribution in [0.15, 0.2) is 0 Å². The fourth-order valence-corrected chi connectivity index (χ4v) is 3.03. The number of nitrogens with two attached hydrogens (primary N) is 1. The fourth-order valence-electron chi connectivity index (χ4n) is 3.03. The Morgan fingerprint density at radius 1 is 1.12 bits per heavy atom. The first kappa shape index (κ1) is 14.9. The first-order chi connectivity index (χ1) is 8.04. The highest BCUT2D eigenvalue weighted by Crippen LogP contribution is 2.31. The van der Waals surface area contributed by atoms with Crippen LogP contribution in [-0.2, 0) is 0 Å². The molecule has 102 valence electrons. The maximum absolute atomic E-state index is 5.92. The smallest absolute Gasteiger partial charge is 0.0135 e. The van der Waals surface area contributed by atoms with E-state index in [9.17, 15) is 0 Å². The Kier molecular flexibility index (Phi) is 6.45. The Morgan fingerprint density at radius 2 is 1.82 bits per heavy atom. The molecule has 0 aromatic carbocycles. The van der Waals surface area contributed by atoms with Crippen molar-refractivity contribution in [3.8, 4) is 0 Å². The van der Waals surface area contributed by atoms with Crippen LogP contribution in [0.1, 0.15) is 32.6 Å². The Bertz CT molecular complexity index is 206. The molecular weight excluding hydrogens is 210 g/mol. The zero-order valence-corrected chi connectivity index (χ0v) is 12.2. The third-order valence-electron chi connectivity index (χ3n) is 4.20. The van der Waals surface area contributed by atoms with Gasteiger partial charge in [-0.25, -0.2) is 0 Å². The molecule has 3 heteroatoms. The Labute approximate surface area is 107 Å². The van der Waals surface area contributed by atoms with Gasteiger partial charge in [0.25, 0.3) is 0 Å². The Hall–Kier alpha value is -0.120. The van der Waals surface area contributed by atoms with Gasteiger partial charge in [-0.05, 0) is 71.9 Å². The molecule has 0 saturated heterocycles. The van der Waals surface area contributed by atoms with Crippen LogP contribution in [0.5, 0.6) is 0 Å². The first-order valence-electron chi connectivity index (χ1n) is 7.09. The molecule has 2 N–H and O–H groups in total. The minimum atomic E-state index is 0.714. The van der Waals surface area contributed by atoms with Gasteiger partial charge in [-0.15, -0.1) is 0 Å². The van der Waals surface area contributed by atoms with Crippen LogP contribution in [0, 0.1) is 11.8 Å². The van der Waals surface area contributed by atoms with Crippen LogP contribution >= 0.6 is 0 Å². The quantitative estimate of drug-likeness (QED) is 0.767. The van der Waals surface area contributed by atoms with E-state index in [1.807, 2.05) is 0 Å². The predicted octanol–water partition coefficient (Wildman–Crippen LogP) is 1.63. The van der Waals surface area contributed by atoms with Crippen LogP contribution in [-0.4, -0.2) is 56.6 Å². The summed E-state index contributed by atoms with van der Waals surface area (Å²) in [6.45, 7) is 5.62. The highest BCUT2D eigenvalue weighted by atomic mass is 15.1. The van der Waals surface area contributed by atoms with E-state index in [2.05, 4.69) is 37.9 Å². The van der Waals surface area contributed by atoms with E-state index in [1.165, 1.54) is 38.8 Å². The van der Waals surface area contributed by atoms with Crippen molar-refractivity contribution >= 4 is 0 Å². The van der Waals surface area contributed by atoms with E-state index in [0.29, 0.717) is 6.04 Å². The SMILES string of the molecule is CC1CCC(CN)C(N(C)CCCN(C)C)C1. The highest BCUT2D eigenvalue weighted by molar-refractivity contribution is 4.85. The van der Waals surface area contributed by atoms with Crippen molar-refractivity contribution in [3.63, 3.8) is 0 Å². The molecule has 1 aliphatic rings. The summed E-state index contributed by atoms with van der Waals surface area (Å²) in [5.74, 6) is 1.59. The van der Waals surface area contributed by atoms with Gasteiger partial charge in [0.1, 0.15) is 0 Å². The average molecular weight is 241 g/mol. The molecule has 0 aliphatic heterocycles.